The summed E-state index contributed by atoms with van der Waals surface area (Å²) in [6, 6.07) is 0. The van der Waals surface area contributed by atoms with E-state index in [1.165, 1.54) is 0 Å². The molecule has 8 heavy (non-hydrogen) atoms. The van der Waals surface area contributed by atoms with Crippen LogP contribution in [0, 0.1) is 0 Å². The van der Waals surface area contributed by atoms with Crippen molar-refractivity contribution >= 4 is 23.1 Å². The highest BCUT2D eigenvalue weighted by atomic mass is 79.9. The Bertz CT molecular complexity index is 168. The van der Waals surface area contributed by atoms with Crippen LogP contribution in [0.1, 0.15) is 19.3 Å². The van der Waals surface area contributed by atoms with Gasteiger partial charge in [0.25, 0.3) is 0 Å². The molecule has 0 aromatic heterocycles. The van der Waals surface area contributed by atoms with E-state index in [0.29, 0.717) is 0 Å². The van der Waals surface area contributed by atoms with Gasteiger partial charge in [-0.25, -0.2) is 8.42 Å². The fourth-order valence-electron chi connectivity index (χ4n) is 0.652. The largest absolute Gasteiger partial charge is 0.217 e. The van der Waals surface area contributed by atoms with Crippen LogP contribution in [0.4, 0.5) is 0 Å². The molecule has 1 saturated carbocycles. The molecule has 0 spiro atoms. The second-order valence-corrected chi connectivity index (χ2v) is 6.35. The molecule has 0 aliphatic heterocycles. The first-order valence-corrected chi connectivity index (χ1v) is 5.93. The molecular formula is C4H7BrO2S. The van der Waals surface area contributed by atoms with Crippen molar-refractivity contribution < 1.29 is 8.42 Å². The molecule has 0 saturated heterocycles. The van der Waals surface area contributed by atoms with Gasteiger partial charge in [-0.3, -0.25) is 0 Å². The van der Waals surface area contributed by atoms with E-state index in [1.807, 2.05) is 0 Å². The van der Waals surface area contributed by atoms with Crippen LogP contribution in [-0.4, -0.2) is 13.7 Å². The molecule has 0 aromatic rings. The van der Waals surface area contributed by atoms with Crippen molar-refractivity contribution in [3.8, 4) is 0 Å². The topological polar surface area (TPSA) is 34.1 Å². The second kappa shape index (κ2) is 1.99. The predicted octanol–water partition coefficient (Wildman–Crippen LogP) is 1.26. The van der Waals surface area contributed by atoms with Crippen LogP contribution in [0.15, 0.2) is 0 Å². The zero-order valence-corrected chi connectivity index (χ0v) is 6.70. The van der Waals surface area contributed by atoms with Crippen LogP contribution in [0.5, 0.6) is 0 Å². The summed E-state index contributed by atoms with van der Waals surface area (Å²) in [5.41, 5.74) is 0. The van der Waals surface area contributed by atoms with Crippen LogP contribution >= 0.6 is 14.8 Å². The lowest BCUT2D eigenvalue weighted by Crippen LogP contribution is -2.23. The van der Waals surface area contributed by atoms with E-state index in [4.69, 9.17) is 0 Å². The molecule has 0 heterocycles. The lowest BCUT2D eigenvalue weighted by atomic mass is 10.0. The van der Waals surface area contributed by atoms with E-state index >= 15 is 0 Å². The molecule has 4 heteroatoms. The highest BCUT2D eigenvalue weighted by Gasteiger charge is 2.28. The molecule has 0 bridgehead atoms. The Morgan fingerprint density at radius 1 is 1.38 bits per heavy atom. The highest BCUT2D eigenvalue weighted by molar-refractivity contribution is 9.47. The van der Waals surface area contributed by atoms with Gasteiger partial charge in [0.15, 0.2) is 0 Å². The van der Waals surface area contributed by atoms with Gasteiger partial charge < -0.3 is 0 Å². The van der Waals surface area contributed by atoms with Crippen molar-refractivity contribution in [2.75, 3.05) is 0 Å². The van der Waals surface area contributed by atoms with E-state index in [2.05, 4.69) is 14.8 Å². The van der Waals surface area contributed by atoms with E-state index < -0.39 is 8.27 Å². The number of hydrogen-bond donors (Lipinski definition) is 0. The molecule has 2 nitrogen and oxygen atoms in total. The maximum absolute atomic E-state index is 10.5. The third-order valence-corrected chi connectivity index (χ3v) is 4.30. The van der Waals surface area contributed by atoms with Crippen molar-refractivity contribution in [3.63, 3.8) is 0 Å². The lowest BCUT2D eigenvalue weighted by Gasteiger charge is -2.21. The van der Waals surface area contributed by atoms with Gasteiger partial charge in [0.05, 0.1) is 20.1 Å². The normalized spacial score (nSPS) is 22.6. The monoisotopic (exact) mass is 198 g/mol. The Labute approximate surface area is 56.4 Å². The Morgan fingerprint density at radius 2 is 1.88 bits per heavy atom. The van der Waals surface area contributed by atoms with Crippen LogP contribution < -0.4 is 0 Å². The summed E-state index contributed by atoms with van der Waals surface area (Å²) in [4.78, 5) is 0. The van der Waals surface area contributed by atoms with Gasteiger partial charge in [-0.15, -0.1) is 0 Å². The Kier molecular flexibility index (Phi) is 1.63. The summed E-state index contributed by atoms with van der Waals surface area (Å²) >= 11 is 2.63. The molecule has 1 aliphatic rings. The van der Waals surface area contributed by atoms with Crippen LogP contribution in [0.25, 0.3) is 0 Å². The van der Waals surface area contributed by atoms with Crippen molar-refractivity contribution in [1.82, 2.24) is 0 Å². The average Bonchev–Trinajstić information content (AvgIpc) is 1.16. The summed E-state index contributed by atoms with van der Waals surface area (Å²) in [7, 11) is -2.85. The van der Waals surface area contributed by atoms with Gasteiger partial charge >= 0.3 is 0 Å². The SMILES string of the molecule is O=S(=O)(Br)C1CCC1. The standard InChI is InChI=1S/C4H7BrO2S/c5-8(6,7)4-2-1-3-4/h4H,1-3H2. The fourth-order valence-corrected chi connectivity index (χ4v) is 2.67. The smallest absolute Gasteiger partial charge is 0.212 e. The molecule has 1 aliphatic carbocycles. The van der Waals surface area contributed by atoms with E-state index in [-0.39, 0.29) is 5.25 Å². The van der Waals surface area contributed by atoms with Gasteiger partial charge in [-0.2, -0.15) is 0 Å². The third kappa shape index (κ3) is 1.23. The van der Waals surface area contributed by atoms with Gasteiger partial charge in [0.2, 0.25) is 8.27 Å². The minimum absolute atomic E-state index is 0.0810. The maximum Gasteiger partial charge on any atom is 0.212 e. The molecule has 0 unspecified atom stereocenters. The van der Waals surface area contributed by atoms with Crippen molar-refractivity contribution in [2.24, 2.45) is 0 Å². The molecule has 0 N–H and O–H groups in total. The van der Waals surface area contributed by atoms with Crippen LogP contribution in [0.3, 0.4) is 0 Å². The van der Waals surface area contributed by atoms with Crippen molar-refractivity contribution in [2.45, 2.75) is 24.5 Å². The maximum atomic E-state index is 10.5. The highest BCUT2D eigenvalue weighted by Crippen LogP contribution is 2.29. The second-order valence-electron chi connectivity index (χ2n) is 2.03. The predicted molar refractivity (Wildman–Crippen MR) is 35.5 cm³/mol. The van der Waals surface area contributed by atoms with Crippen molar-refractivity contribution in [3.05, 3.63) is 0 Å². The quantitative estimate of drug-likeness (QED) is 0.596. The van der Waals surface area contributed by atoms with Gasteiger partial charge in [-0.1, -0.05) is 6.42 Å². The average molecular weight is 199 g/mol. The van der Waals surface area contributed by atoms with Crippen LogP contribution in [0.2, 0.25) is 0 Å². The molecule has 1 rings (SSSR count). The minimum atomic E-state index is -2.85. The Hall–Kier alpha value is 0.430. The van der Waals surface area contributed by atoms with E-state index in [1.54, 1.807) is 0 Å². The van der Waals surface area contributed by atoms with E-state index in [0.717, 1.165) is 19.3 Å². The van der Waals surface area contributed by atoms with E-state index in [9.17, 15) is 8.42 Å². The summed E-state index contributed by atoms with van der Waals surface area (Å²) in [5, 5.41) is -0.0810. The zero-order valence-electron chi connectivity index (χ0n) is 4.30. The molecule has 1 fully saturated rings. The summed E-state index contributed by atoms with van der Waals surface area (Å²) in [6.07, 6.45) is 2.75. The molecular weight excluding hydrogens is 192 g/mol. The van der Waals surface area contributed by atoms with Crippen LogP contribution in [-0.2, 0) is 8.27 Å². The molecule has 48 valence electrons. The summed E-state index contributed by atoms with van der Waals surface area (Å²) < 4.78 is 21.1. The Balaban J connectivity index is 2.60. The van der Waals surface area contributed by atoms with Gasteiger partial charge in [-0.05, 0) is 12.8 Å². The molecule has 0 amide bonds. The zero-order chi connectivity index (χ0) is 6.20. The number of hydrogen-bond acceptors (Lipinski definition) is 2. The number of halogens is 1. The lowest BCUT2D eigenvalue weighted by molar-refractivity contribution is 0.486. The first-order chi connectivity index (χ1) is 3.61. The molecule has 0 atom stereocenters. The first-order valence-electron chi connectivity index (χ1n) is 2.54. The van der Waals surface area contributed by atoms with Gasteiger partial charge in [0, 0.05) is 0 Å². The van der Waals surface area contributed by atoms with Crippen molar-refractivity contribution in [1.29, 1.82) is 0 Å². The first kappa shape index (κ1) is 6.55. The number of rotatable bonds is 1. The fraction of sp³-hybridized carbons (Fsp3) is 1.00. The molecule has 0 aromatic carbocycles. The molecule has 0 radical (unpaired) electrons. The third-order valence-electron chi connectivity index (χ3n) is 1.45. The minimum Gasteiger partial charge on any atom is -0.217 e. The summed E-state index contributed by atoms with van der Waals surface area (Å²) in [5.74, 6) is 0. The van der Waals surface area contributed by atoms with Gasteiger partial charge in [0.1, 0.15) is 0 Å². The summed E-state index contributed by atoms with van der Waals surface area (Å²) in [6.45, 7) is 0. The Morgan fingerprint density at radius 3 is 1.88 bits per heavy atom.